The molecular weight excluding hydrogens is 336 g/mol. The lowest BCUT2D eigenvalue weighted by molar-refractivity contribution is -0.140. The average molecular weight is 360 g/mol. The maximum atomic E-state index is 13.1. The quantitative estimate of drug-likeness (QED) is 0.827. The van der Waals surface area contributed by atoms with E-state index in [1.54, 1.807) is 17.0 Å². The minimum absolute atomic E-state index is 0.0645. The fourth-order valence-electron chi connectivity index (χ4n) is 3.17. The van der Waals surface area contributed by atoms with Gasteiger partial charge in [0.15, 0.2) is 0 Å². The van der Waals surface area contributed by atoms with E-state index in [1.807, 2.05) is 51.1 Å². The third-order valence-corrected chi connectivity index (χ3v) is 6.49. The number of fused-ring (bicyclic) bond motifs is 1. The van der Waals surface area contributed by atoms with E-state index in [9.17, 15) is 13.2 Å². The standard InChI is InChI=1S/C19H24N2O3S/c1-19(2,3)18(22)20-11-13-21(14-12-20)25(23,24)17-10-6-8-15-7-4-5-9-16(15)17/h4-10H,11-14H2,1-3H3. The lowest BCUT2D eigenvalue weighted by Crippen LogP contribution is -2.52. The number of sulfonamides is 1. The van der Waals surface area contributed by atoms with E-state index < -0.39 is 15.4 Å². The van der Waals surface area contributed by atoms with Gasteiger partial charge in [0.2, 0.25) is 15.9 Å². The van der Waals surface area contributed by atoms with Crippen molar-refractivity contribution in [2.45, 2.75) is 25.7 Å². The normalized spacial score (nSPS) is 17.0. The molecule has 1 saturated heterocycles. The zero-order valence-electron chi connectivity index (χ0n) is 14.9. The lowest BCUT2D eigenvalue weighted by Gasteiger charge is -2.37. The molecule has 0 unspecified atom stereocenters. The van der Waals surface area contributed by atoms with Crippen molar-refractivity contribution in [2.75, 3.05) is 26.2 Å². The molecule has 3 rings (SSSR count). The molecule has 0 saturated carbocycles. The van der Waals surface area contributed by atoms with Gasteiger partial charge in [-0.15, -0.1) is 0 Å². The summed E-state index contributed by atoms with van der Waals surface area (Å²) in [6.07, 6.45) is 0. The highest BCUT2D eigenvalue weighted by Crippen LogP contribution is 2.27. The van der Waals surface area contributed by atoms with Gasteiger partial charge in [0.1, 0.15) is 0 Å². The largest absolute Gasteiger partial charge is 0.340 e. The summed E-state index contributed by atoms with van der Waals surface area (Å²) in [5.74, 6) is 0.0645. The molecule has 0 atom stereocenters. The molecule has 0 spiro atoms. The van der Waals surface area contributed by atoms with Crippen molar-refractivity contribution < 1.29 is 13.2 Å². The summed E-state index contributed by atoms with van der Waals surface area (Å²) in [4.78, 5) is 14.5. The predicted molar refractivity (Wildman–Crippen MR) is 98.7 cm³/mol. The number of piperazine rings is 1. The van der Waals surface area contributed by atoms with E-state index in [0.29, 0.717) is 31.1 Å². The van der Waals surface area contributed by atoms with Crippen LogP contribution in [-0.2, 0) is 14.8 Å². The SMILES string of the molecule is CC(C)(C)C(=O)N1CCN(S(=O)(=O)c2cccc3ccccc23)CC1. The highest BCUT2D eigenvalue weighted by molar-refractivity contribution is 7.89. The number of amides is 1. The third-order valence-electron chi connectivity index (χ3n) is 4.53. The molecule has 2 aromatic rings. The Bertz CT molecular complexity index is 887. The third kappa shape index (κ3) is 3.41. The first kappa shape index (κ1) is 17.9. The first-order chi connectivity index (χ1) is 11.7. The van der Waals surface area contributed by atoms with E-state index in [0.717, 1.165) is 10.8 Å². The number of nitrogens with zero attached hydrogens (tertiary/aromatic N) is 2. The van der Waals surface area contributed by atoms with Gasteiger partial charge in [0.05, 0.1) is 4.90 Å². The summed E-state index contributed by atoms with van der Waals surface area (Å²) < 4.78 is 27.7. The monoisotopic (exact) mass is 360 g/mol. The molecule has 6 heteroatoms. The van der Waals surface area contributed by atoms with Gasteiger partial charge in [0.25, 0.3) is 0 Å². The Morgan fingerprint density at radius 2 is 1.52 bits per heavy atom. The molecule has 1 heterocycles. The molecule has 5 nitrogen and oxygen atoms in total. The second-order valence-electron chi connectivity index (χ2n) is 7.42. The van der Waals surface area contributed by atoms with Crippen LogP contribution in [0.4, 0.5) is 0 Å². The maximum absolute atomic E-state index is 13.1. The summed E-state index contributed by atoms with van der Waals surface area (Å²) >= 11 is 0. The van der Waals surface area contributed by atoms with Gasteiger partial charge in [-0.2, -0.15) is 4.31 Å². The minimum Gasteiger partial charge on any atom is -0.340 e. The van der Waals surface area contributed by atoms with Crippen LogP contribution < -0.4 is 0 Å². The molecule has 1 fully saturated rings. The van der Waals surface area contributed by atoms with Crippen LogP contribution in [0.25, 0.3) is 10.8 Å². The smallest absolute Gasteiger partial charge is 0.243 e. The average Bonchev–Trinajstić information content (AvgIpc) is 2.60. The van der Waals surface area contributed by atoms with Crippen LogP contribution in [0.2, 0.25) is 0 Å². The summed E-state index contributed by atoms with van der Waals surface area (Å²) in [6.45, 7) is 7.17. The van der Waals surface area contributed by atoms with Crippen LogP contribution in [0.3, 0.4) is 0 Å². The predicted octanol–water partition coefficient (Wildman–Crippen LogP) is 2.72. The van der Waals surface area contributed by atoms with Gasteiger partial charge in [0, 0.05) is 37.0 Å². The van der Waals surface area contributed by atoms with E-state index in [4.69, 9.17) is 0 Å². The molecule has 25 heavy (non-hydrogen) atoms. The Labute approximate surface area is 149 Å². The van der Waals surface area contributed by atoms with E-state index in [-0.39, 0.29) is 5.91 Å². The first-order valence-corrected chi connectivity index (χ1v) is 9.92. The number of carbonyl (C=O) groups is 1. The fraction of sp³-hybridized carbons (Fsp3) is 0.421. The molecule has 0 bridgehead atoms. The van der Waals surface area contributed by atoms with Crippen LogP contribution in [0, 0.1) is 5.41 Å². The van der Waals surface area contributed by atoms with Gasteiger partial charge in [-0.05, 0) is 11.5 Å². The molecule has 0 N–H and O–H groups in total. The Morgan fingerprint density at radius 3 is 2.16 bits per heavy atom. The Morgan fingerprint density at radius 1 is 0.920 bits per heavy atom. The van der Waals surface area contributed by atoms with E-state index in [1.165, 1.54) is 4.31 Å². The molecule has 1 aliphatic heterocycles. The van der Waals surface area contributed by atoms with Gasteiger partial charge in [-0.25, -0.2) is 8.42 Å². The number of benzene rings is 2. The molecule has 2 aromatic carbocycles. The zero-order valence-corrected chi connectivity index (χ0v) is 15.7. The first-order valence-electron chi connectivity index (χ1n) is 8.48. The van der Waals surface area contributed by atoms with Gasteiger partial charge in [-0.3, -0.25) is 4.79 Å². The van der Waals surface area contributed by atoms with Crippen molar-refractivity contribution in [3.8, 4) is 0 Å². The topological polar surface area (TPSA) is 57.7 Å². The van der Waals surface area contributed by atoms with Gasteiger partial charge >= 0.3 is 0 Å². The maximum Gasteiger partial charge on any atom is 0.243 e. The lowest BCUT2D eigenvalue weighted by atomic mass is 9.94. The zero-order chi connectivity index (χ0) is 18.2. The molecule has 134 valence electrons. The Hall–Kier alpha value is -1.92. The van der Waals surface area contributed by atoms with Crippen LogP contribution in [0.15, 0.2) is 47.4 Å². The van der Waals surface area contributed by atoms with Crippen LogP contribution >= 0.6 is 0 Å². The molecule has 1 aliphatic rings. The van der Waals surface area contributed by atoms with Crippen molar-refractivity contribution in [1.82, 2.24) is 9.21 Å². The second kappa shape index (κ2) is 6.42. The van der Waals surface area contributed by atoms with E-state index in [2.05, 4.69) is 0 Å². The minimum atomic E-state index is -3.58. The summed E-state index contributed by atoms with van der Waals surface area (Å²) in [7, 11) is -3.58. The number of hydrogen-bond acceptors (Lipinski definition) is 3. The molecular formula is C19H24N2O3S. The number of rotatable bonds is 2. The van der Waals surface area contributed by atoms with E-state index >= 15 is 0 Å². The molecule has 0 radical (unpaired) electrons. The highest BCUT2D eigenvalue weighted by atomic mass is 32.2. The van der Waals surface area contributed by atoms with Crippen LogP contribution in [-0.4, -0.2) is 49.7 Å². The summed E-state index contributed by atoms with van der Waals surface area (Å²) in [6, 6.07) is 12.8. The molecule has 0 aliphatic carbocycles. The number of carbonyl (C=O) groups excluding carboxylic acids is 1. The Balaban J connectivity index is 1.84. The van der Waals surface area contributed by atoms with Gasteiger partial charge in [-0.1, -0.05) is 57.2 Å². The number of hydrogen-bond donors (Lipinski definition) is 0. The van der Waals surface area contributed by atoms with Gasteiger partial charge < -0.3 is 4.90 Å². The summed E-state index contributed by atoms with van der Waals surface area (Å²) in [5.41, 5.74) is -0.448. The molecule has 0 aromatic heterocycles. The van der Waals surface area contributed by atoms with Crippen molar-refractivity contribution >= 4 is 26.7 Å². The fourth-order valence-corrected chi connectivity index (χ4v) is 4.80. The van der Waals surface area contributed by atoms with Crippen LogP contribution in [0.5, 0.6) is 0 Å². The second-order valence-corrected chi connectivity index (χ2v) is 9.33. The van der Waals surface area contributed by atoms with Crippen molar-refractivity contribution in [1.29, 1.82) is 0 Å². The van der Waals surface area contributed by atoms with Crippen LogP contribution in [0.1, 0.15) is 20.8 Å². The molecule has 1 amide bonds. The van der Waals surface area contributed by atoms with Crippen molar-refractivity contribution in [3.63, 3.8) is 0 Å². The Kier molecular flexibility index (Phi) is 4.60. The van der Waals surface area contributed by atoms with Crippen molar-refractivity contribution in [3.05, 3.63) is 42.5 Å². The highest BCUT2D eigenvalue weighted by Gasteiger charge is 2.34. The van der Waals surface area contributed by atoms with Crippen molar-refractivity contribution in [2.24, 2.45) is 5.41 Å². The summed E-state index contributed by atoms with van der Waals surface area (Å²) in [5, 5.41) is 1.64.